The molecule has 0 aliphatic heterocycles. The van der Waals surface area contributed by atoms with Crippen LogP contribution in [0.15, 0.2) is 28.2 Å². The summed E-state index contributed by atoms with van der Waals surface area (Å²) in [5.41, 5.74) is 3.59. The van der Waals surface area contributed by atoms with E-state index < -0.39 is 0 Å². The topological polar surface area (TPSA) is 24.9 Å². The van der Waals surface area contributed by atoms with Crippen LogP contribution in [-0.4, -0.2) is 11.5 Å². The highest BCUT2D eigenvalue weighted by Crippen LogP contribution is 2.26. The Balaban J connectivity index is 2.24. The molecule has 1 aromatic carbocycles. The van der Waals surface area contributed by atoms with Gasteiger partial charge in [-0.25, -0.2) is 9.37 Å². The first-order chi connectivity index (χ1) is 9.11. The first-order valence-corrected chi connectivity index (χ1v) is 7.86. The molecule has 2 nitrogen and oxygen atoms in total. The number of likely N-dealkylation sites (N-methyl/N-ethyl adjacent to an activating group) is 1. The molecule has 0 radical (unpaired) electrons. The van der Waals surface area contributed by atoms with Crippen LogP contribution in [0.25, 0.3) is 0 Å². The Morgan fingerprint density at radius 1 is 1.47 bits per heavy atom. The molecule has 0 fully saturated rings. The third-order valence-electron chi connectivity index (χ3n) is 2.99. The Morgan fingerprint density at radius 3 is 2.84 bits per heavy atom. The lowest BCUT2D eigenvalue weighted by atomic mass is 10.0. The smallest absolute Gasteiger partial charge is 0.127 e. The number of nitrogens with one attached hydrogen (secondary N) is 1. The summed E-state index contributed by atoms with van der Waals surface area (Å²) < 4.78 is 14.7. The maximum Gasteiger partial charge on any atom is 0.127 e. The number of nitrogens with zero attached hydrogens (tertiary/aromatic N) is 1. The van der Waals surface area contributed by atoms with E-state index in [0.29, 0.717) is 6.42 Å². The number of benzene rings is 1. The van der Waals surface area contributed by atoms with E-state index in [4.69, 9.17) is 0 Å². The van der Waals surface area contributed by atoms with Crippen LogP contribution < -0.4 is 5.32 Å². The highest BCUT2D eigenvalue weighted by Gasteiger charge is 2.17. The molecule has 2 rings (SSSR count). The summed E-state index contributed by atoms with van der Waals surface area (Å²) in [6.07, 6.45) is 0.635. The number of thiazole rings is 1. The van der Waals surface area contributed by atoms with Gasteiger partial charge < -0.3 is 5.32 Å². The fourth-order valence-corrected chi connectivity index (χ4v) is 3.27. The van der Waals surface area contributed by atoms with Crippen molar-refractivity contribution in [3.05, 3.63) is 50.1 Å². The minimum atomic E-state index is -0.167. The predicted octanol–water partition coefficient (Wildman–Crippen LogP) is 4.25. The number of halogens is 2. The lowest BCUT2D eigenvalue weighted by Crippen LogP contribution is -2.23. The van der Waals surface area contributed by atoms with Crippen LogP contribution in [0.4, 0.5) is 4.39 Å². The molecule has 0 spiro atoms. The highest BCUT2D eigenvalue weighted by atomic mass is 79.9. The van der Waals surface area contributed by atoms with Crippen LogP contribution in [0.3, 0.4) is 0 Å². The van der Waals surface area contributed by atoms with E-state index in [-0.39, 0.29) is 11.9 Å². The molecule has 2 aromatic rings. The van der Waals surface area contributed by atoms with Crippen LogP contribution >= 0.6 is 27.3 Å². The van der Waals surface area contributed by atoms with Crippen molar-refractivity contribution in [3.8, 4) is 0 Å². The van der Waals surface area contributed by atoms with Gasteiger partial charge in [-0.05, 0) is 37.6 Å². The molecule has 19 heavy (non-hydrogen) atoms. The molecule has 0 bridgehead atoms. The number of aryl methyl sites for hydroxylation is 1. The predicted molar refractivity (Wildman–Crippen MR) is 81.1 cm³/mol. The minimum Gasteiger partial charge on any atom is -0.309 e. The summed E-state index contributed by atoms with van der Waals surface area (Å²) in [5.74, 6) is -0.167. The molecule has 1 atom stereocenters. The Kier molecular flexibility index (Phi) is 5.07. The third-order valence-corrected chi connectivity index (χ3v) is 4.53. The number of aromatic nitrogens is 1. The molecule has 0 aliphatic rings. The molecular formula is C14H16BrFN2S. The van der Waals surface area contributed by atoms with E-state index in [1.807, 2.05) is 24.6 Å². The third kappa shape index (κ3) is 3.61. The van der Waals surface area contributed by atoms with Gasteiger partial charge in [0, 0.05) is 15.4 Å². The van der Waals surface area contributed by atoms with Crippen molar-refractivity contribution in [1.29, 1.82) is 0 Å². The van der Waals surface area contributed by atoms with Crippen LogP contribution in [0.5, 0.6) is 0 Å². The molecule has 1 heterocycles. The molecular weight excluding hydrogens is 327 g/mol. The van der Waals surface area contributed by atoms with Crippen LogP contribution in [-0.2, 0) is 6.42 Å². The SMILES string of the molecule is CCNC(Cc1ccc(Br)cc1F)c1scnc1C. The van der Waals surface area contributed by atoms with Crippen molar-refractivity contribution in [3.63, 3.8) is 0 Å². The second-order valence-electron chi connectivity index (χ2n) is 4.35. The van der Waals surface area contributed by atoms with Gasteiger partial charge in [-0.3, -0.25) is 0 Å². The van der Waals surface area contributed by atoms with Gasteiger partial charge in [-0.1, -0.05) is 28.9 Å². The van der Waals surface area contributed by atoms with Gasteiger partial charge in [0.1, 0.15) is 5.82 Å². The Bertz CT molecular complexity index is 556. The Hall–Kier alpha value is -0.780. The molecule has 1 aromatic heterocycles. The second-order valence-corrected chi connectivity index (χ2v) is 6.15. The maximum atomic E-state index is 13.9. The summed E-state index contributed by atoms with van der Waals surface area (Å²) in [4.78, 5) is 5.46. The first-order valence-electron chi connectivity index (χ1n) is 6.19. The molecule has 0 saturated carbocycles. The van der Waals surface area contributed by atoms with Crippen molar-refractivity contribution in [2.45, 2.75) is 26.3 Å². The quantitative estimate of drug-likeness (QED) is 0.878. The Morgan fingerprint density at radius 2 is 2.26 bits per heavy atom. The molecule has 0 saturated heterocycles. The van der Waals surface area contributed by atoms with Gasteiger partial charge in [-0.15, -0.1) is 11.3 Å². The fraction of sp³-hybridized carbons (Fsp3) is 0.357. The van der Waals surface area contributed by atoms with Crippen LogP contribution in [0.2, 0.25) is 0 Å². The van der Waals surface area contributed by atoms with Crippen molar-refractivity contribution >= 4 is 27.3 Å². The van der Waals surface area contributed by atoms with Crippen molar-refractivity contribution < 1.29 is 4.39 Å². The van der Waals surface area contributed by atoms with E-state index >= 15 is 0 Å². The monoisotopic (exact) mass is 342 g/mol. The number of rotatable bonds is 5. The summed E-state index contributed by atoms with van der Waals surface area (Å²) in [5, 5.41) is 3.41. The van der Waals surface area contributed by atoms with E-state index in [1.165, 1.54) is 10.9 Å². The zero-order valence-electron chi connectivity index (χ0n) is 10.9. The summed E-state index contributed by atoms with van der Waals surface area (Å²) in [6.45, 7) is 4.90. The van der Waals surface area contributed by atoms with Gasteiger partial charge >= 0.3 is 0 Å². The minimum absolute atomic E-state index is 0.119. The van der Waals surface area contributed by atoms with E-state index in [1.54, 1.807) is 11.3 Å². The first kappa shape index (κ1) is 14.6. The summed E-state index contributed by atoms with van der Waals surface area (Å²) >= 11 is 4.90. The highest BCUT2D eigenvalue weighted by molar-refractivity contribution is 9.10. The zero-order valence-corrected chi connectivity index (χ0v) is 13.3. The molecule has 5 heteroatoms. The number of hydrogen-bond donors (Lipinski definition) is 1. The van der Waals surface area contributed by atoms with Crippen molar-refractivity contribution in [1.82, 2.24) is 10.3 Å². The van der Waals surface area contributed by atoms with Gasteiger partial charge in [0.2, 0.25) is 0 Å². The average Bonchev–Trinajstić information content (AvgIpc) is 2.78. The largest absolute Gasteiger partial charge is 0.309 e. The van der Waals surface area contributed by atoms with E-state index in [9.17, 15) is 4.39 Å². The molecule has 0 amide bonds. The van der Waals surface area contributed by atoms with Gasteiger partial charge in [0.15, 0.2) is 0 Å². The lowest BCUT2D eigenvalue weighted by Gasteiger charge is -2.17. The Labute approximate surface area is 125 Å². The standard InChI is InChI=1S/C14H16BrFN2S/c1-3-17-13(14-9(2)18-8-19-14)6-10-4-5-11(15)7-12(10)16/h4-5,7-8,13,17H,3,6H2,1-2H3. The average molecular weight is 343 g/mol. The number of hydrogen-bond acceptors (Lipinski definition) is 3. The van der Waals surface area contributed by atoms with Gasteiger partial charge in [0.25, 0.3) is 0 Å². The molecule has 1 unspecified atom stereocenters. The van der Waals surface area contributed by atoms with E-state index in [2.05, 4.69) is 33.2 Å². The second kappa shape index (κ2) is 6.59. The molecule has 1 N–H and O–H groups in total. The van der Waals surface area contributed by atoms with Crippen molar-refractivity contribution in [2.75, 3.05) is 6.54 Å². The van der Waals surface area contributed by atoms with Gasteiger partial charge in [-0.2, -0.15) is 0 Å². The fourth-order valence-electron chi connectivity index (χ4n) is 2.06. The molecule has 0 aliphatic carbocycles. The normalized spacial score (nSPS) is 12.6. The maximum absolute atomic E-state index is 13.9. The van der Waals surface area contributed by atoms with Crippen LogP contribution in [0, 0.1) is 12.7 Å². The summed E-state index contributed by atoms with van der Waals surface area (Å²) in [7, 11) is 0. The zero-order chi connectivity index (χ0) is 13.8. The van der Waals surface area contributed by atoms with E-state index in [0.717, 1.165) is 22.3 Å². The lowest BCUT2D eigenvalue weighted by molar-refractivity contribution is 0.531. The summed E-state index contributed by atoms with van der Waals surface area (Å²) in [6, 6.07) is 5.34. The van der Waals surface area contributed by atoms with Crippen molar-refractivity contribution in [2.24, 2.45) is 0 Å². The van der Waals surface area contributed by atoms with Crippen LogP contribution in [0.1, 0.15) is 29.1 Å². The van der Waals surface area contributed by atoms with Gasteiger partial charge in [0.05, 0.1) is 11.2 Å². The molecule has 102 valence electrons.